The van der Waals surface area contributed by atoms with Crippen molar-refractivity contribution in [3.8, 4) is 11.4 Å². The molecule has 1 amide bonds. The fraction of sp³-hybridized carbons (Fsp3) is 0.125. The molecule has 0 aliphatic rings. The van der Waals surface area contributed by atoms with E-state index >= 15 is 0 Å². The van der Waals surface area contributed by atoms with Gasteiger partial charge in [0.2, 0.25) is 0 Å². The molecule has 3 aromatic heterocycles. The minimum atomic E-state index is -0.233. The number of pyridine rings is 1. The van der Waals surface area contributed by atoms with Crippen LogP contribution in [-0.4, -0.2) is 42.8 Å². The van der Waals surface area contributed by atoms with Crippen LogP contribution < -0.4 is 4.74 Å². The quantitative estimate of drug-likeness (QED) is 0.381. The maximum atomic E-state index is 12.9. The van der Waals surface area contributed by atoms with E-state index in [1.807, 2.05) is 54.6 Å². The summed E-state index contributed by atoms with van der Waals surface area (Å²) in [6.45, 7) is 0.584. The number of rotatable bonds is 7. The SMILES string of the molecule is CN(Cc1ccnc2ccccc12)C(=O)c1cc(COc2ccc(-n3cncn3)cc2)on1. The molecular weight excluding hydrogens is 420 g/mol. The molecule has 164 valence electrons. The molecule has 0 fully saturated rings. The van der Waals surface area contributed by atoms with Gasteiger partial charge in [-0.15, -0.1) is 0 Å². The molecule has 33 heavy (non-hydrogen) atoms. The highest BCUT2D eigenvalue weighted by atomic mass is 16.5. The maximum absolute atomic E-state index is 12.9. The molecule has 5 aromatic rings. The number of hydrogen-bond donors (Lipinski definition) is 0. The number of para-hydroxylation sites is 1. The number of ether oxygens (including phenoxy) is 1. The Labute approximate surface area is 189 Å². The monoisotopic (exact) mass is 440 g/mol. The number of amides is 1. The van der Waals surface area contributed by atoms with Crippen molar-refractivity contribution in [2.24, 2.45) is 0 Å². The van der Waals surface area contributed by atoms with Crippen LogP contribution in [0.25, 0.3) is 16.6 Å². The second-order valence-corrected chi connectivity index (χ2v) is 7.45. The molecule has 5 rings (SSSR count). The van der Waals surface area contributed by atoms with Crippen LogP contribution in [0.5, 0.6) is 5.75 Å². The Hall–Kier alpha value is -4.53. The van der Waals surface area contributed by atoms with E-state index in [2.05, 4.69) is 20.2 Å². The lowest BCUT2D eigenvalue weighted by molar-refractivity contribution is 0.0775. The van der Waals surface area contributed by atoms with Gasteiger partial charge in [-0.05, 0) is 42.0 Å². The zero-order chi connectivity index (χ0) is 22.6. The Kier molecular flexibility index (Phi) is 5.50. The van der Waals surface area contributed by atoms with Gasteiger partial charge >= 0.3 is 0 Å². The van der Waals surface area contributed by atoms with E-state index in [9.17, 15) is 4.79 Å². The number of benzene rings is 2. The Morgan fingerprint density at radius 1 is 1.12 bits per heavy atom. The topological polar surface area (TPSA) is 99.2 Å². The van der Waals surface area contributed by atoms with Crippen LogP contribution in [-0.2, 0) is 13.2 Å². The number of carbonyl (C=O) groups excluding carboxylic acids is 1. The van der Waals surface area contributed by atoms with Gasteiger partial charge in [0.15, 0.2) is 11.5 Å². The Morgan fingerprint density at radius 2 is 1.97 bits per heavy atom. The zero-order valence-corrected chi connectivity index (χ0v) is 17.8. The van der Waals surface area contributed by atoms with Crippen LogP contribution >= 0.6 is 0 Å². The van der Waals surface area contributed by atoms with Crippen LogP contribution in [0.4, 0.5) is 0 Å². The average molecular weight is 440 g/mol. The molecule has 3 heterocycles. The first-order valence-corrected chi connectivity index (χ1v) is 10.3. The summed E-state index contributed by atoms with van der Waals surface area (Å²) in [5, 5.41) is 9.03. The van der Waals surface area contributed by atoms with E-state index in [0.717, 1.165) is 22.2 Å². The van der Waals surface area contributed by atoms with E-state index in [1.54, 1.807) is 35.2 Å². The summed E-state index contributed by atoms with van der Waals surface area (Å²) in [5.74, 6) is 0.884. The van der Waals surface area contributed by atoms with E-state index in [0.29, 0.717) is 18.1 Å². The van der Waals surface area contributed by atoms with Gasteiger partial charge in [0.05, 0.1) is 11.2 Å². The van der Waals surface area contributed by atoms with Crippen molar-refractivity contribution in [2.75, 3.05) is 7.05 Å². The minimum Gasteiger partial charge on any atom is -0.486 e. The number of carbonyl (C=O) groups is 1. The molecule has 0 saturated carbocycles. The number of hydrogen-bond acceptors (Lipinski definition) is 7. The summed E-state index contributed by atoms with van der Waals surface area (Å²) < 4.78 is 12.7. The van der Waals surface area contributed by atoms with Crippen molar-refractivity contribution in [1.82, 2.24) is 29.8 Å². The lowest BCUT2D eigenvalue weighted by Gasteiger charge is -2.16. The van der Waals surface area contributed by atoms with Crippen molar-refractivity contribution < 1.29 is 14.1 Å². The van der Waals surface area contributed by atoms with E-state index in [1.165, 1.54) is 6.33 Å². The Bertz CT molecular complexity index is 1370. The van der Waals surface area contributed by atoms with Crippen LogP contribution in [0.2, 0.25) is 0 Å². The summed E-state index contributed by atoms with van der Waals surface area (Å²) >= 11 is 0. The van der Waals surface area contributed by atoms with Crippen molar-refractivity contribution in [3.05, 3.63) is 96.5 Å². The second kappa shape index (κ2) is 8.91. The summed E-state index contributed by atoms with van der Waals surface area (Å²) in [6.07, 6.45) is 4.85. The fourth-order valence-corrected chi connectivity index (χ4v) is 3.49. The molecule has 0 saturated heterocycles. The van der Waals surface area contributed by atoms with Gasteiger partial charge in [0.25, 0.3) is 5.91 Å². The Morgan fingerprint density at radius 3 is 2.79 bits per heavy atom. The molecule has 0 atom stereocenters. The lowest BCUT2D eigenvalue weighted by atomic mass is 10.1. The fourth-order valence-electron chi connectivity index (χ4n) is 3.49. The summed E-state index contributed by atoms with van der Waals surface area (Å²) in [6, 6.07) is 18.8. The van der Waals surface area contributed by atoms with Crippen LogP contribution in [0, 0.1) is 0 Å². The number of aromatic nitrogens is 5. The zero-order valence-electron chi connectivity index (χ0n) is 17.8. The third kappa shape index (κ3) is 4.42. The van der Waals surface area contributed by atoms with Gasteiger partial charge in [-0.3, -0.25) is 9.78 Å². The third-order valence-corrected chi connectivity index (χ3v) is 5.17. The standard InChI is InChI=1S/C24H20N6O3/c1-29(13-17-10-11-26-22-5-3-2-4-21(17)22)24(31)23-12-20(33-28-23)14-32-19-8-6-18(7-9-19)30-16-25-15-27-30/h2-12,15-16H,13-14H2,1H3. The lowest BCUT2D eigenvalue weighted by Crippen LogP contribution is -2.26. The third-order valence-electron chi connectivity index (χ3n) is 5.17. The van der Waals surface area contributed by atoms with Gasteiger partial charge in [-0.1, -0.05) is 23.4 Å². The molecule has 0 bridgehead atoms. The molecule has 0 aliphatic carbocycles. The van der Waals surface area contributed by atoms with Crippen molar-refractivity contribution in [2.45, 2.75) is 13.2 Å². The molecule has 9 nitrogen and oxygen atoms in total. The highest BCUT2D eigenvalue weighted by Gasteiger charge is 2.18. The predicted octanol–water partition coefficient (Wildman–Crippen LogP) is 3.65. The highest BCUT2D eigenvalue weighted by Crippen LogP contribution is 2.19. The molecule has 9 heteroatoms. The number of nitrogens with zero attached hydrogens (tertiary/aromatic N) is 6. The maximum Gasteiger partial charge on any atom is 0.276 e. The van der Waals surface area contributed by atoms with Gasteiger partial charge in [-0.2, -0.15) is 5.10 Å². The van der Waals surface area contributed by atoms with Gasteiger partial charge in [-0.25, -0.2) is 9.67 Å². The summed E-state index contributed by atoms with van der Waals surface area (Å²) in [7, 11) is 1.74. The highest BCUT2D eigenvalue weighted by molar-refractivity contribution is 5.92. The van der Waals surface area contributed by atoms with Crippen LogP contribution in [0.1, 0.15) is 21.8 Å². The predicted molar refractivity (Wildman–Crippen MR) is 120 cm³/mol. The Balaban J connectivity index is 1.21. The van der Waals surface area contributed by atoms with Gasteiger partial charge in [0, 0.05) is 31.2 Å². The largest absolute Gasteiger partial charge is 0.486 e. The molecule has 0 unspecified atom stereocenters. The molecular formula is C24H20N6O3. The first-order chi connectivity index (χ1) is 16.2. The summed E-state index contributed by atoms with van der Waals surface area (Å²) in [4.78, 5) is 22.8. The molecule has 0 radical (unpaired) electrons. The van der Waals surface area contributed by atoms with Crippen molar-refractivity contribution >= 4 is 16.8 Å². The van der Waals surface area contributed by atoms with Gasteiger partial charge in [0.1, 0.15) is 25.0 Å². The van der Waals surface area contributed by atoms with Gasteiger partial charge < -0.3 is 14.2 Å². The van der Waals surface area contributed by atoms with E-state index < -0.39 is 0 Å². The smallest absolute Gasteiger partial charge is 0.276 e. The van der Waals surface area contributed by atoms with Crippen LogP contribution in [0.15, 0.2) is 84.0 Å². The number of fused-ring (bicyclic) bond motifs is 1. The molecule has 0 N–H and O–H groups in total. The first-order valence-electron chi connectivity index (χ1n) is 10.3. The van der Waals surface area contributed by atoms with Crippen molar-refractivity contribution in [1.29, 1.82) is 0 Å². The second-order valence-electron chi connectivity index (χ2n) is 7.45. The average Bonchev–Trinajstić information content (AvgIpc) is 3.55. The van der Waals surface area contributed by atoms with Crippen LogP contribution in [0.3, 0.4) is 0 Å². The summed E-state index contributed by atoms with van der Waals surface area (Å²) in [5.41, 5.74) is 3.01. The first kappa shape index (κ1) is 20.4. The molecule has 0 aliphatic heterocycles. The van der Waals surface area contributed by atoms with E-state index in [-0.39, 0.29) is 18.2 Å². The normalized spacial score (nSPS) is 10.9. The molecule has 2 aromatic carbocycles. The van der Waals surface area contributed by atoms with E-state index in [4.69, 9.17) is 9.26 Å². The molecule has 0 spiro atoms. The minimum absolute atomic E-state index is 0.154. The van der Waals surface area contributed by atoms with Crippen molar-refractivity contribution in [3.63, 3.8) is 0 Å².